The molecular weight excluding hydrogens is 342 g/mol. The second-order valence-electron chi connectivity index (χ2n) is 6.47. The van der Waals surface area contributed by atoms with E-state index < -0.39 is 5.91 Å². The number of anilines is 2. The van der Waals surface area contributed by atoms with Gasteiger partial charge in [0.2, 0.25) is 5.91 Å². The Morgan fingerprint density at radius 1 is 0.926 bits per heavy atom. The Labute approximate surface area is 157 Å². The molecule has 27 heavy (non-hydrogen) atoms. The second kappa shape index (κ2) is 7.41. The van der Waals surface area contributed by atoms with Crippen molar-refractivity contribution in [1.82, 2.24) is 15.0 Å². The monoisotopic (exact) mass is 363 g/mol. The molecule has 0 fully saturated rings. The van der Waals surface area contributed by atoms with Gasteiger partial charge in [-0.1, -0.05) is 29.0 Å². The van der Waals surface area contributed by atoms with E-state index in [9.17, 15) is 9.59 Å². The van der Waals surface area contributed by atoms with E-state index in [0.717, 1.165) is 16.7 Å². The second-order valence-corrected chi connectivity index (χ2v) is 6.47. The van der Waals surface area contributed by atoms with Crippen molar-refractivity contribution in [3.63, 3.8) is 0 Å². The summed E-state index contributed by atoms with van der Waals surface area (Å²) in [6.45, 7) is 7.32. The van der Waals surface area contributed by atoms with E-state index in [1.807, 2.05) is 63.2 Å². The zero-order valence-corrected chi connectivity index (χ0v) is 15.7. The molecule has 7 heteroatoms. The molecular formula is C20H21N5O2. The van der Waals surface area contributed by atoms with Crippen LogP contribution in [0.15, 0.2) is 42.5 Å². The third-order valence-corrected chi connectivity index (χ3v) is 4.22. The van der Waals surface area contributed by atoms with Gasteiger partial charge in [0.05, 0.1) is 5.69 Å². The maximum atomic E-state index is 12.7. The van der Waals surface area contributed by atoms with Crippen LogP contribution in [-0.2, 0) is 4.79 Å². The average molecular weight is 363 g/mol. The maximum absolute atomic E-state index is 12.7. The van der Waals surface area contributed by atoms with E-state index in [4.69, 9.17) is 0 Å². The van der Waals surface area contributed by atoms with Gasteiger partial charge < -0.3 is 10.6 Å². The van der Waals surface area contributed by atoms with E-state index in [-0.39, 0.29) is 17.4 Å². The van der Waals surface area contributed by atoms with E-state index in [1.165, 1.54) is 11.6 Å². The van der Waals surface area contributed by atoms with Crippen LogP contribution in [0.3, 0.4) is 0 Å². The summed E-state index contributed by atoms with van der Waals surface area (Å²) < 4.78 is 1.44. The van der Waals surface area contributed by atoms with Crippen molar-refractivity contribution in [2.75, 3.05) is 10.6 Å². The van der Waals surface area contributed by atoms with Crippen molar-refractivity contribution in [2.24, 2.45) is 0 Å². The van der Waals surface area contributed by atoms with Crippen LogP contribution in [0.2, 0.25) is 0 Å². The number of aromatic nitrogens is 3. The van der Waals surface area contributed by atoms with Crippen LogP contribution in [0.4, 0.5) is 11.5 Å². The molecule has 0 bridgehead atoms. The fourth-order valence-corrected chi connectivity index (χ4v) is 2.59. The molecule has 0 aliphatic heterocycles. The van der Waals surface area contributed by atoms with Crippen LogP contribution in [0.5, 0.6) is 0 Å². The van der Waals surface area contributed by atoms with Crippen molar-refractivity contribution < 1.29 is 9.59 Å². The highest BCUT2D eigenvalue weighted by Gasteiger charge is 2.22. The molecule has 3 rings (SSSR count). The van der Waals surface area contributed by atoms with Gasteiger partial charge in [-0.3, -0.25) is 9.59 Å². The SMILES string of the molecule is CC(=O)Nc1c(C(=O)Nc2ccc(C)c(C)c2)nnn1-c1ccc(C)cc1. The van der Waals surface area contributed by atoms with E-state index in [0.29, 0.717) is 11.4 Å². The fourth-order valence-electron chi connectivity index (χ4n) is 2.59. The van der Waals surface area contributed by atoms with Crippen LogP contribution in [0, 0.1) is 20.8 Å². The Kier molecular flexibility index (Phi) is 5.03. The van der Waals surface area contributed by atoms with Gasteiger partial charge in [0.1, 0.15) is 0 Å². The number of benzene rings is 2. The summed E-state index contributed by atoms with van der Waals surface area (Å²) >= 11 is 0. The van der Waals surface area contributed by atoms with Crippen LogP contribution in [-0.4, -0.2) is 26.8 Å². The molecule has 2 aromatic carbocycles. The van der Waals surface area contributed by atoms with Gasteiger partial charge >= 0.3 is 0 Å². The predicted molar refractivity (Wildman–Crippen MR) is 104 cm³/mol. The highest BCUT2D eigenvalue weighted by Crippen LogP contribution is 2.21. The highest BCUT2D eigenvalue weighted by molar-refractivity contribution is 6.08. The Morgan fingerprint density at radius 3 is 2.26 bits per heavy atom. The molecule has 0 aliphatic rings. The minimum Gasteiger partial charge on any atom is -0.320 e. The van der Waals surface area contributed by atoms with E-state index >= 15 is 0 Å². The summed E-state index contributed by atoms with van der Waals surface area (Å²) in [4.78, 5) is 24.4. The number of aryl methyl sites for hydroxylation is 3. The third-order valence-electron chi connectivity index (χ3n) is 4.22. The minimum absolute atomic E-state index is 0.0454. The minimum atomic E-state index is -0.444. The van der Waals surface area contributed by atoms with Crippen molar-refractivity contribution in [3.8, 4) is 5.69 Å². The van der Waals surface area contributed by atoms with Gasteiger partial charge in [-0.25, -0.2) is 0 Å². The number of rotatable bonds is 4. The molecule has 2 N–H and O–H groups in total. The lowest BCUT2D eigenvalue weighted by Gasteiger charge is -2.10. The van der Waals surface area contributed by atoms with Crippen molar-refractivity contribution in [1.29, 1.82) is 0 Å². The lowest BCUT2D eigenvalue weighted by molar-refractivity contribution is -0.114. The topological polar surface area (TPSA) is 88.9 Å². The standard InChI is InChI=1S/C20H21N5O2/c1-12-5-9-17(10-6-12)25-19(21-15(4)26)18(23-24-25)20(27)22-16-8-7-13(2)14(3)11-16/h5-11H,1-4H3,(H,21,26)(H,22,27). The lowest BCUT2D eigenvalue weighted by Crippen LogP contribution is -2.18. The molecule has 0 saturated heterocycles. The van der Waals surface area contributed by atoms with Crippen molar-refractivity contribution in [3.05, 3.63) is 64.8 Å². The number of carbonyl (C=O) groups is 2. The number of hydrogen-bond acceptors (Lipinski definition) is 4. The van der Waals surface area contributed by atoms with Crippen molar-refractivity contribution in [2.45, 2.75) is 27.7 Å². The zero-order chi connectivity index (χ0) is 19.6. The molecule has 1 heterocycles. The summed E-state index contributed by atoms with van der Waals surface area (Å²) in [6.07, 6.45) is 0. The number of nitrogens with zero attached hydrogens (tertiary/aromatic N) is 3. The Morgan fingerprint density at radius 2 is 1.63 bits per heavy atom. The molecule has 0 unspecified atom stereocenters. The number of amides is 2. The van der Waals surface area contributed by atoms with E-state index in [2.05, 4.69) is 20.9 Å². The van der Waals surface area contributed by atoms with Gasteiger partial charge in [-0.2, -0.15) is 4.68 Å². The number of carbonyl (C=O) groups excluding carboxylic acids is 2. The third kappa shape index (κ3) is 4.03. The van der Waals surface area contributed by atoms with Gasteiger partial charge in [-0.15, -0.1) is 5.10 Å². The van der Waals surface area contributed by atoms with Crippen LogP contribution in [0.1, 0.15) is 34.1 Å². The van der Waals surface area contributed by atoms with Gasteiger partial charge in [-0.05, 0) is 56.2 Å². The van der Waals surface area contributed by atoms with Gasteiger partial charge in [0.15, 0.2) is 11.5 Å². The molecule has 0 aliphatic carbocycles. The van der Waals surface area contributed by atoms with Crippen LogP contribution in [0.25, 0.3) is 5.69 Å². The maximum Gasteiger partial charge on any atom is 0.280 e. The normalized spacial score (nSPS) is 10.5. The van der Waals surface area contributed by atoms with Crippen LogP contribution >= 0.6 is 0 Å². The summed E-state index contributed by atoms with van der Waals surface area (Å²) in [5.41, 5.74) is 4.69. The largest absolute Gasteiger partial charge is 0.320 e. The Balaban J connectivity index is 1.96. The molecule has 2 amide bonds. The summed E-state index contributed by atoms with van der Waals surface area (Å²) in [5, 5.41) is 13.5. The smallest absolute Gasteiger partial charge is 0.280 e. The molecule has 7 nitrogen and oxygen atoms in total. The first-order valence-electron chi connectivity index (χ1n) is 8.54. The first-order chi connectivity index (χ1) is 12.8. The van der Waals surface area contributed by atoms with E-state index in [1.54, 1.807) is 0 Å². The van der Waals surface area contributed by atoms with Gasteiger partial charge in [0.25, 0.3) is 5.91 Å². The Hall–Kier alpha value is -3.48. The summed E-state index contributed by atoms with van der Waals surface area (Å²) in [6, 6.07) is 13.2. The first-order valence-corrected chi connectivity index (χ1v) is 8.54. The quantitative estimate of drug-likeness (QED) is 0.743. The number of nitrogens with one attached hydrogen (secondary N) is 2. The fraction of sp³-hybridized carbons (Fsp3) is 0.200. The summed E-state index contributed by atoms with van der Waals surface area (Å²) in [5.74, 6) is -0.529. The predicted octanol–water partition coefficient (Wildman–Crippen LogP) is 3.40. The molecule has 1 aromatic heterocycles. The molecule has 0 radical (unpaired) electrons. The lowest BCUT2D eigenvalue weighted by atomic mass is 10.1. The average Bonchev–Trinajstić information content (AvgIpc) is 3.02. The molecule has 0 saturated carbocycles. The molecule has 0 atom stereocenters. The molecule has 0 spiro atoms. The number of hydrogen-bond donors (Lipinski definition) is 2. The van der Waals surface area contributed by atoms with Crippen LogP contribution < -0.4 is 10.6 Å². The Bertz CT molecular complexity index is 1010. The first kappa shape index (κ1) is 18.3. The zero-order valence-electron chi connectivity index (χ0n) is 15.7. The molecule has 3 aromatic rings. The molecule has 138 valence electrons. The van der Waals surface area contributed by atoms with Gasteiger partial charge in [0, 0.05) is 12.6 Å². The highest BCUT2D eigenvalue weighted by atomic mass is 16.2. The van der Waals surface area contributed by atoms with Crippen molar-refractivity contribution >= 4 is 23.3 Å². The summed E-state index contributed by atoms with van der Waals surface area (Å²) in [7, 11) is 0.